The molecule has 2 heterocycles. The Bertz CT molecular complexity index is 3000. The summed E-state index contributed by atoms with van der Waals surface area (Å²) >= 11 is 1.95. The van der Waals surface area contributed by atoms with Crippen molar-refractivity contribution in [3.8, 4) is 27.9 Å². The number of nitrogens with zero attached hydrogens (tertiary/aromatic N) is 2. The van der Waals surface area contributed by atoms with Crippen LogP contribution in [0.3, 0.4) is 0 Å². The summed E-state index contributed by atoms with van der Waals surface area (Å²) < 4.78 is 3.73. The van der Waals surface area contributed by atoms with Crippen molar-refractivity contribution >= 4 is 71.9 Å². The fraction of sp³-hybridized carbons (Fsp3) is 0.0370. The number of hydrogen-bond donors (Lipinski definition) is 0. The van der Waals surface area contributed by atoms with Crippen LogP contribution in [0.25, 0.3) is 71.5 Å². The molecule has 0 aliphatic heterocycles. The summed E-state index contributed by atoms with van der Waals surface area (Å²) in [7, 11) is 0. The lowest BCUT2D eigenvalue weighted by Gasteiger charge is -2.26. The van der Waals surface area contributed by atoms with E-state index in [0.717, 1.165) is 29.9 Å². The summed E-state index contributed by atoms with van der Waals surface area (Å²) in [5.41, 5.74) is 16.0. The van der Waals surface area contributed by atoms with E-state index in [1.165, 1.54) is 81.4 Å². The Kier molecular flexibility index (Phi) is 8.19. The first-order valence-corrected chi connectivity index (χ1v) is 20.5. The van der Waals surface area contributed by atoms with Gasteiger partial charge in [-0.1, -0.05) is 127 Å². The minimum atomic E-state index is 1.03. The van der Waals surface area contributed by atoms with E-state index < -0.39 is 0 Å². The van der Waals surface area contributed by atoms with E-state index >= 15 is 0 Å². The quantitative estimate of drug-likeness (QED) is 0.158. The zero-order valence-corrected chi connectivity index (χ0v) is 32.2. The van der Waals surface area contributed by atoms with Gasteiger partial charge in [-0.05, 0) is 131 Å². The van der Waals surface area contributed by atoms with Crippen molar-refractivity contribution in [2.45, 2.75) is 12.8 Å². The number of para-hydroxylation sites is 2. The minimum absolute atomic E-state index is 1.03. The van der Waals surface area contributed by atoms with Crippen LogP contribution < -0.4 is 4.90 Å². The largest absolute Gasteiger partial charge is 0.310 e. The number of benzene rings is 8. The number of anilines is 3. The Morgan fingerprint density at radius 1 is 0.404 bits per heavy atom. The summed E-state index contributed by atoms with van der Waals surface area (Å²) in [5.74, 6) is 0. The highest BCUT2D eigenvalue weighted by atomic mass is 32.1. The molecule has 10 aromatic rings. The molecule has 0 spiro atoms. The van der Waals surface area contributed by atoms with Gasteiger partial charge in [0.05, 0.1) is 11.0 Å². The lowest BCUT2D eigenvalue weighted by molar-refractivity contribution is 1.03. The fourth-order valence-corrected chi connectivity index (χ4v) is 9.87. The molecule has 2 nitrogen and oxygen atoms in total. The lowest BCUT2D eigenvalue weighted by Crippen LogP contribution is -2.09. The van der Waals surface area contributed by atoms with Gasteiger partial charge in [-0.3, -0.25) is 0 Å². The maximum absolute atomic E-state index is 2.48. The average Bonchev–Trinajstić information content (AvgIpc) is 3.82. The van der Waals surface area contributed by atoms with Crippen LogP contribution in [0.15, 0.2) is 200 Å². The summed E-state index contributed by atoms with van der Waals surface area (Å²) in [5, 5.41) is 3.90. The van der Waals surface area contributed by atoms with Crippen molar-refractivity contribution in [3.63, 3.8) is 0 Å². The molecule has 1 aliphatic carbocycles. The Balaban J connectivity index is 1.01. The molecule has 2 aromatic heterocycles. The second-order valence-corrected chi connectivity index (χ2v) is 16.0. The Hall–Kier alpha value is -6.94. The van der Waals surface area contributed by atoms with Gasteiger partial charge in [-0.15, -0.1) is 11.3 Å². The van der Waals surface area contributed by atoms with Crippen LogP contribution in [0.4, 0.5) is 17.1 Å². The highest BCUT2D eigenvalue weighted by Crippen LogP contribution is 2.45. The third-order valence-corrected chi connectivity index (χ3v) is 12.8. The second kappa shape index (κ2) is 14.0. The van der Waals surface area contributed by atoms with Crippen molar-refractivity contribution in [2.24, 2.45) is 0 Å². The molecule has 270 valence electrons. The number of aromatic nitrogens is 1. The minimum Gasteiger partial charge on any atom is -0.310 e. The van der Waals surface area contributed by atoms with Gasteiger partial charge in [0.2, 0.25) is 0 Å². The molecular weight excluding hydrogens is 709 g/mol. The number of rotatable bonds is 7. The van der Waals surface area contributed by atoms with E-state index in [-0.39, 0.29) is 0 Å². The SMILES string of the molecule is C1=C(c2ccc3c(c2)c2ccccc2n3-c2ccccc2)CCc2sc3ccc(N(c4ccc(-c5ccccc5)cc4)c4ccc(-c5ccccc5)cc4)cc3c21. The van der Waals surface area contributed by atoms with Gasteiger partial charge in [0.25, 0.3) is 0 Å². The smallest absolute Gasteiger partial charge is 0.0541 e. The van der Waals surface area contributed by atoms with Crippen molar-refractivity contribution in [1.82, 2.24) is 4.57 Å². The van der Waals surface area contributed by atoms with Crippen LogP contribution in [0, 0.1) is 0 Å². The highest BCUT2D eigenvalue weighted by molar-refractivity contribution is 7.19. The molecule has 1 aliphatic rings. The van der Waals surface area contributed by atoms with Crippen LogP contribution in [0.1, 0.15) is 22.4 Å². The van der Waals surface area contributed by atoms with Crippen LogP contribution in [-0.4, -0.2) is 4.57 Å². The molecule has 0 amide bonds. The first-order chi connectivity index (χ1) is 28.2. The summed E-state index contributed by atoms with van der Waals surface area (Å²) in [4.78, 5) is 3.87. The van der Waals surface area contributed by atoms with E-state index in [2.05, 4.69) is 216 Å². The molecule has 0 saturated carbocycles. The van der Waals surface area contributed by atoms with Gasteiger partial charge in [-0.2, -0.15) is 0 Å². The lowest BCUT2D eigenvalue weighted by atomic mass is 9.91. The van der Waals surface area contributed by atoms with Gasteiger partial charge in [0.15, 0.2) is 0 Å². The van der Waals surface area contributed by atoms with E-state index in [4.69, 9.17) is 0 Å². The molecule has 0 unspecified atom stereocenters. The Morgan fingerprint density at radius 2 is 0.947 bits per heavy atom. The topological polar surface area (TPSA) is 8.17 Å². The van der Waals surface area contributed by atoms with Crippen molar-refractivity contribution in [1.29, 1.82) is 0 Å². The first kappa shape index (κ1) is 33.4. The third kappa shape index (κ3) is 5.96. The van der Waals surface area contributed by atoms with Crippen molar-refractivity contribution in [2.75, 3.05) is 4.90 Å². The first-order valence-electron chi connectivity index (χ1n) is 19.7. The van der Waals surface area contributed by atoms with Gasteiger partial charge in [-0.25, -0.2) is 0 Å². The van der Waals surface area contributed by atoms with E-state index in [1.807, 2.05) is 11.3 Å². The molecule has 11 rings (SSSR count). The molecule has 8 aromatic carbocycles. The van der Waals surface area contributed by atoms with E-state index in [0.29, 0.717) is 0 Å². The zero-order valence-electron chi connectivity index (χ0n) is 31.3. The van der Waals surface area contributed by atoms with Crippen LogP contribution >= 0.6 is 11.3 Å². The van der Waals surface area contributed by atoms with Crippen molar-refractivity contribution in [3.05, 3.63) is 216 Å². The maximum Gasteiger partial charge on any atom is 0.0541 e. The predicted molar refractivity (Wildman–Crippen MR) is 244 cm³/mol. The second-order valence-electron chi connectivity index (χ2n) is 14.9. The summed E-state index contributed by atoms with van der Waals surface area (Å²) in [6, 6.07) is 72.8. The molecule has 0 radical (unpaired) electrons. The third-order valence-electron chi connectivity index (χ3n) is 11.5. The number of hydrogen-bond acceptors (Lipinski definition) is 2. The predicted octanol–water partition coefficient (Wildman–Crippen LogP) is 15.3. The molecule has 0 N–H and O–H groups in total. The normalized spacial score (nSPS) is 12.5. The monoisotopic (exact) mass is 746 g/mol. The Morgan fingerprint density at radius 3 is 1.61 bits per heavy atom. The molecular formula is C54H38N2S. The van der Waals surface area contributed by atoms with Gasteiger partial charge >= 0.3 is 0 Å². The summed E-state index contributed by atoms with van der Waals surface area (Å²) in [6.45, 7) is 0. The number of thiophene rings is 1. The van der Waals surface area contributed by atoms with Crippen LogP contribution in [0.2, 0.25) is 0 Å². The Labute approximate surface area is 336 Å². The molecule has 57 heavy (non-hydrogen) atoms. The van der Waals surface area contributed by atoms with E-state index in [1.54, 1.807) is 0 Å². The van der Waals surface area contributed by atoms with Crippen LogP contribution in [-0.2, 0) is 6.42 Å². The standard InChI is InChI=1S/C54H38N2S/c1-4-12-37(13-5-1)39-20-26-44(27-21-39)55(45-28-22-40(23-29-45)38-14-6-2-7-15-38)46-30-33-54-50(36-46)49-35-42(25-32-53(49)57-54)41-24-31-52-48(34-41)47-18-10-11-19-51(47)56(52)43-16-8-3-9-17-43/h1-24,26-31,33-36H,25,32H2. The van der Waals surface area contributed by atoms with Gasteiger partial charge < -0.3 is 9.47 Å². The number of aryl methyl sites for hydroxylation is 1. The van der Waals surface area contributed by atoms with Gasteiger partial charge in [0, 0.05) is 48.5 Å². The number of fused-ring (bicyclic) bond motifs is 6. The van der Waals surface area contributed by atoms with Gasteiger partial charge in [0.1, 0.15) is 0 Å². The van der Waals surface area contributed by atoms with Crippen molar-refractivity contribution < 1.29 is 0 Å². The molecule has 0 fully saturated rings. The number of allylic oxidation sites excluding steroid dienone is 1. The van der Waals surface area contributed by atoms with Crippen LogP contribution in [0.5, 0.6) is 0 Å². The molecule has 0 atom stereocenters. The maximum atomic E-state index is 2.48. The summed E-state index contributed by atoms with van der Waals surface area (Å²) in [6.07, 6.45) is 4.56. The zero-order chi connectivity index (χ0) is 37.7. The molecule has 3 heteroatoms. The fourth-order valence-electron chi connectivity index (χ4n) is 8.70. The molecule has 0 bridgehead atoms. The highest BCUT2D eigenvalue weighted by Gasteiger charge is 2.21. The average molecular weight is 747 g/mol. The van der Waals surface area contributed by atoms with E-state index in [9.17, 15) is 0 Å². The molecule has 0 saturated heterocycles.